The van der Waals surface area contributed by atoms with Gasteiger partial charge >= 0.3 is 23.9 Å². The van der Waals surface area contributed by atoms with Crippen molar-refractivity contribution in [1.29, 1.82) is 0 Å². The van der Waals surface area contributed by atoms with Crippen molar-refractivity contribution in [2.45, 2.75) is 165 Å². The summed E-state index contributed by atoms with van der Waals surface area (Å²) in [6.45, 7) is 15.7. The van der Waals surface area contributed by atoms with E-state index in [1.165, 1.54) is 55.4 Å². The van der Waals surface area contributed by atoms with Crippen molar-refractivity contribution in [3.8, 4) is 17.4 Å². The van der Waals surface area contributed by atoms with Gasteiger partial charge in [0.1, 0.15) is 30.3 Å². The Labute approximate surface area is 378 Å². The van der Waals surface area contributed by atoms with Gasteiger partial charge in [0.05, 0.1) is 41.5 Å². The number of esters is 4. The second-order valence-corrected chi connectivity index (χ2v) is 19.3. The third-order valence-corrected chi connectivity index (χ3v) is 10.1. The molecule has 2 fully saturated rings. The molecule has 2 aliphatic rings. The first-order valence-corrected chi connectivity index (χ1v) is 21.5. The molecule has 2 saturated heterocycles. The minimum atomic E-state index is -1.74. The average Bonchev–Trinajstić information content (AvgIpc) is 3.69. The molecule has 0 aliphatic carbocycles. The predicted octanol–water partition coefficient (Wildman–Crippen LogP) is 6.98. The highest BCUT2D eigenvalue weighted by molar-refractivity contribution is 5.78. The summed E-state index contributed by atoms with van der Waals surface area (Å²) in [5, 5.41) is 7.66. The highest BCUT2D eigenvalue weighted by atomic mass is 16.7. The van der Waals surface area contributed by atoms with E-state index in [1.54, 1.807) is 0 Å². The van der Waals surface area contributed by atoms with Crippen molar-refractivity contribution >= 4 is 23.9 Å². The first-order chi connectivity index (χ1) is 31.4. The van der Waals surface area contributed by atoms with Crippen LogP contribution in [0.2, 0.25) is 0 Å². The van der Waals surface area contributed by atoms with E-state index in [-0.39, 0.29) is 31.2 Å². The van der Waals surface area contributed by atoms with E-state index in [4.69, 9.17) is 53.8 Å². The highest BCUT2D eigenvalue weighted by Crippen LogP contribution is 2.38. The molecule has 3 N–H and O–H groups in total. The second kappa shape index (κ2) is 21.1. The Morgan fingerprint density at radius 3 is 1.97 bits per heavy atom. The van der Waals surface area contributed by atoms with Gasteiger partial charge in [-0.05, 0) is 114 Å². The summed E-state index contributed by atoms with van der Waals surface area (Å²) in [7, 11) is 0. The molecule has 16 heteroatoms. The largest absolute Gasteiger partial charge is 0.493 e. The van der Waals surface area contributed by atoms with E-state index < -0.39 is 104 Å². The summed E-state index contributed by atoms with van der Waals surface area (Å²) in [4.78, 5) is 55.3. The minimum absolute atomic E-state index is 0.00298. The fraction of sp³-hybridized carbons (Fsp3) is 0.723. The number of hydrogen-bond donors (Lipinski definition) is 2. The molecule has 16 nitrogen and oxygen atoms in total. The van der Waals surface area contributed by atoms with Crippen LogP contribution in [0, 0.1) is 21.7 Å². The Hall–Kier alpha value is -4.41. The molecule has 0 saturated carbocycles. The number of nitrogens with one attached hydrogen (secondary N) is 1. The van der Waals surface area contributed by atoms with Gasteiger partial charge in [-0.3, -0.25) is 24.3 Å². The number of nitrogens with two attached hydrogens (primary N) is 1. The average molecular weight is 892 g/mol. The molecule has 2 aliphatic heterocycles. The number of aromatic amines is 1. The van der Waals surface area contributed by atoms with Gasteiger partial charge in [0.2, 0.25) is 18.3 Å². The van der Waals surface area contributed by atoms with Crippen LogP contribution in [-0.4, -0.2) is 104 Å². The lowest BCUT2D eigenvalue weighted by molar-refractivity contribution is -0.294. The molecule has 63 heavy (non-hydrogen) atoms. The zero-order valence-corrected chi connectivity index (χ0v) is 38.8. The summed E-state index contributed by atoms with van der Waals surface area (Å²) < 4.78 is 87.7. The van der Waals surface area contributed by atoms with Gasteiger partial charge < -0.3 is 48.4 Å². The molecule has 1 aromatic heterocycles. The van der Waals surface area contributed by atoms with Crippen molar-refractivity contribution in [2.75, 3.05) is 33.0 Å². The van der Waals surface area contributed by atoms with Crippen molar-refractivity contribution in [3.63, 3.8) is 0 Å². The normalized spacial score (nSPS) is 22.2. The number of nitrogens with zero attached hydrogens (tertiary/aromatic N) is 1. The van der Waals surface area contributed by atoms with Crippen molar-refractivity contribution in [2.24, 2.45) is 27.4 Å². The van der Waals surface area contributed by atoms with Gasteiger partial charge in [-0.25, -0.2) is 0 Å². The van der Waals surface area contributed by atoms with Crippen LogP contribution < -0.4 is 19.9 Å². The topological polar surface area (TPSA) is 206 Å². The first-order valence-electron chi connectivity index (χ1n) is 24.3. The lowest BCUT2D eigenvalue weighted by atomic mass is 9.93. The smallest absolute Gasteiger partial charge is 0.311 e. The summed E-state index contributed by atoms with van der Waals surface area (Å²) in [5.41, 5.74) is 2.25. The minimum Gasteiger partial charge on any atom is -0.493 e. The van der Waals surface area contributed by atoms with Crippen LogP contribution in [0.4, 0.5) is 0 Å². The molecule has 4 rings (SSSR count). The van der Waals surface area contributed by atoms with Crippen molar-refractivity contribution < 1.29 is 67.3 Å². The number of benzene rings is 1. The molecule has 2 aromatic rings. The zero-order valence-electron chi connectivity index (χ0n) is 42.8. The molecular formula is C47H73N3O13. The van der Waals surface area contributed by atoms with Gasteiger partial charge in [0.15, 0.2) is 12.2 Å². The Morgan fingerprint density at radius 2 is 1.40 bits per heavy atom. The van der Waals surface area contributed by atoms with E-state index in [1.807, 2.05) is 32.0 Å². The molecular weight excluding hydrogens is 815 g/mol. The van der Waals surface area contributed by atoms with Gasteiger partial charge in [-0.15, -0.1) is 5.10 Å². The maximum absolute atomic E-state index is 14.0. The maximum atomic E-state index is 14.0. The molecule has 5 atom stereocenters. The Morgan fingerprint density at radius 1 is 0.825 bits per heavy atom. The van der Waals surface area contributed by atoms with E-state index in [0.29, 0.717) is 68.4 Å². The van der Waals surface area contributed by atoms with Crippen LogP contribution in [-0.2, 0) is 54.0 Å². The maximum Gasteiger partial charge on any atom is 0.311 e. The van der Waals surface area contributed by atoms with Gasteiger partial charge in [0, 0.05) is 42.1 Å². The molecule has 0 amide bonds. The standard InChI is InChI=1S/C47H73N3O13/c1-27(2)34-31(24-28-16-17-30(56-21-15-20-48)25-32(28)58-29-18-22-55-23-19-29)38(50-49-34)63-39-37(62-43(54)47(12,13)14)36(61-42(53)46(9,10)11)35(60-41(52)45(6,7)8)33(59-39)26-57-40(51)44(3,4)5/h16-17,25,27,29,33,35-37,39H,15,18-24,26,48H2,1-14H3,(H,49,50)/t33-,35-,36+,37-,39?/m1/s1/i3D,6D,9D,12D. The number of hydrogen-bond acceptors (Lipinski definition) is 15. The number of carbonyl (C=O) groups excluding carboxylic acids is 4. The van der Waals surface area contributed by atoms with E-state index in [0.717, 1.165) is 5.56 Å². The van der Waals surface area contributed by atoms with Gasteiger partial charge in [-0.1, -0.05) is 19.9 Å². The summed E-state index contributed by atoms with van der Waals surface area (Å²) >= 11 is 0. The lowest BCUT2D eigenvalue weighted by Gasteiger charge is -2.45. The number of aromatic nitrogens is 2. The predicted molar refractivity (Wildman–Crippen MR) is 233 cm³/mol. The second-order valence-electron chi connectivity index (χ2n) is 19.3. The van der Waals surface area contributed by atoms with Crippen LogP contribution in [0.15, 0.2) is 18.2 Å². The third kappa shape index (κ3) is 14.3. The number of rotatable bonds is 16. The van der Waals surface area contributed by atoms with Gasteiger partial charge in [-0.2, -0.15) is 0 Å². The quantitative estimate of drug-likeness (QED) is 0.0991. The Balaban J connectivity index is 1.91. The van der Waals surface area contributed by atoms with E-state index in [2.05, 4.69) is 10.2 Å². The number of carbonyl (C=O) groups is 4. The third-order valence-electron chi connectivity index (χ3n) is 10.1. The van der Waals surface area contributed by atoms with Crippen LogP contribution in [0.25, 0.3) is 0 Å². The molecule has 0 bridgehead atoms. The van der Waals surface area contributed by atoms with Crippen LogP contribution in [0.3, 0.4) is 0 Å². The lowest BCUT2D eigenvalue weighted by Crippen LogP contribution is -2.65. The molecule has 1 aromatic carbocycles. The zero-order chi connectivity index (χ0) is 49.9. The fourth-order valence-electron chi connectivity index (χ4n) is 6.25. The Bertz CT molecular complexity index is 1970. The van der Waals surface area contributed by atoms with Crippen molar-refractivity contribution in [3.05, 3.63) is 35.0 Å². The Kier molecular flexibility index (Phi) is 15.1. The van der Waals surface area contributed by atoms with Gasteiger partial charge in [0.25, 0.3) is 0 Å². The molecule has 3 heterocycles. The molecule has 354 valence electrons. The molecule has 1 unspecified atom stereocenters. The highest BCUT2D eigenvalue weighted by Gasteiger charge is 2.56. The number of H-pyrrole nitrogens is 1. The number of ether oxygens (including phenoxy) is 9. The van der Waals surface area contributed by atoms with Crippen molar-refractivity contribution in [1.82, 2.24) is 10.2 Å². The van der Waals surface area contributed by atoms with Crippen LogP contribution >= 0.6 is 0 Å². The molecule has 0 spiro atoms. The van der Waals surface area contributed by atoms with Crippen LogP contribution in [0.1, 0.15) is 144 Å². The summed E-state index contributed by atoms with van der Waals surface area (Å²) in [5.74, 6) is -2.47. The summed E-state index contributed by atoms with van der Waals surface area (Å²) in [6, 6.07) is 5.56. The van der Waals surface area contributed by atoms with Crippen LogP contribution in [0.5, 0.6) is 17.4 Å². The first kappa shape index (κ1) is 45.2. The fourth-order valence-corrected chi connectivity index (χ4v) is 6.25. The monoisotopic (exact) mass is 892 g/mol. The SMILES string of the molecule is [2H]CC(C)(C)C(=O)OC[C@H]1OC(Oc2n[nH]c(C(C)C)c2Cc2ccc(OCCCN)cc2OC2CCOCC2)[C@H](OC(=O)C(C)(C)C[2H])[C@@H](OC(=O)C(C)(C)C[2H])[C@@H]1OC(=O)C(C)(C)C[2H]. The summed E-state index contributed by atoms with van der Waals surface area (Å²) in [6.07, 6.45) is -6.22. The van der Waals surface area contributed by atoms with E-state index >= 15 is 0 Å². The molecule has 0 radical (unpaired) electrons. The van der Waals surface area contributed by atoms with E-state index in [9.17, 15) is 19.2 Å².